The van der Waals surface area contributed by atoms with Crippen LogP contribution in [0.5, 0.6) is 0 Å². The van der Waals surface area contributed by atoms with E-state index in [9.17, 15) is 4.79 Å². The Hall–Kier alpha value is -1.64. The molecule has 1 aliphatic carbocycles. The quantitative estimate of drug-likeness (QED) is 0.764. The third-order valence-electron chi connectivity index (χ3n) is 3.66. The number of nitrogens with one attached hydrogen (secondary N) is 1. The number of carbonyl (C=O) groups excluding carboxylic acids is 1. The van der Waals surface area contributed by atoms with Crippen molar-refractivity contribution in [1.29, 1.82) is 0 Å². The average Bonchev–Trinajstić information content (AvgIpc) is 2.92. The van der Waals surface area contributed by atoms with E-state index in [1.807, 2.05) is 30.3 Å². The van der Waals surface area contributed by atoms with Crippen LogP contribution >= 0.6 is 0 Å². The van der Waals surface area contributed by atoms with Crippen molar-refractivity contribution >= 4 is 11.6 Å². The number of nitrogens with zero attached hydrogens (tertiary/aromatic N) is 1. The molecule has 0 bridgehead atoms. The van der Waals surface area contributed by atoms with Gasteiger partial charge in [-0.05, 0) is 18.4 Å². The van der Waals surface area contributed by atoms with Gasteiger partial charge in [-0.15, -0.1) is 0 Å². The summed E-state index contributed by atoms with van der Waals surface area (Å²) < 4.78 is 0. The van der Waals surface area contributed by atoms with E-state index in [2.05, 4.69) is 10.5 Å². The van der Waals surface area contributed by atoms with Gasteiger partial charge in [-0.1, -0.05) is 43.2 Å². The van der Waals surface area contributed by atoms with E-state index in [0.29, 0.717) is 0 Å². The molecular formula is C13H14N2O. The summed E-state index contributed by atoms with van der Waals surface area (Å²) in [6, 6.07) is 10.0. The molecule has 3 heteroatoms. The number of rotatable bonds is 1. The Kier molecular flexibility index (Phi) is 2.06. The van der Waals surface area contributed by atoms with Crippen LogP contribution in [0.2, 0.25) is 0 Å². The first-order valence-electron chi connectivity index (χ1n) is 5.77. The largest absolute Gasteiger partial charge is 0.272 e. The Morgan fingerprint density at radius 1 is 1.12 bits per heavy atom. The van der Waals surface area contributed by atoms with E-state index in [4.69, 9.17) is 0 Å². The Labute approximate surface area is 94.6 Å². The van der Waals surface area contributed by atoms with Gasteiger partial charge < -0.3 is 0 Å². The first kappa shape index (κ1) is 9.58. The minimum absolute atomic E-state index is 0.0869. The van der Waals surface area contributed by atoms with E-state index in [0.717, 1.165) is 37.0 Å². The van der Waals surface area contributed by atoms with Gasteiger partial charge in [-0.2, -0.15) is 5.10 Å². The Bertz CT molecular complexity index is 444. The summed E-state index contributed by atoms with van der Waals surface area (Å²) in [6.07, 6.45) is 4.12. The molecule has 1 aliphatic heterocycles. The molecule has 1 aromatic carbocycles. The molecule has 1 fully saturated rings. The SMILES string of the molecule is O=C1NN=C(c2ccccc2)C12CCCC2. The van der Waals surface area contributed by atoms with Crippen LogP contribution < -0.4 is 5.43 Å². The van der Waals surface area contributed by atoms with Crippen molar-refractivity contribution in [1.82, 2.24) is 5.43 Å². The molecule has 1 heterocycles. The first-order chi connectivity index (χ1) is 7.83. The molecule has 0 saturated heterocycles. The van der Waals surface area contributed by atoms with E-state index >= 15 is 0 Å². The van der Waals surface area contributed by atoms with Crippen molar-refractivity contribution in [2.45, 2.75) is 25.7 Å². The van der Waals surface area contributed by atoms with Crippen molar-refractivity contribution in [3.05, 3.63) is 35.9 Å². The zero-order valence-electron chi connectivity index (χ0n) is 9.07. The topological polar surface area (TPSA) is 41.5 Å². The lowest BCUT2D eigenvalue weighted by atomic mass is 9.78. The minimum Gasteiger partial charge on any atom is -0.272 e. The number of hydrazone groups is 1. The van der Waals surface area contributed by atoms with Crippen LogP contribution in [-0.2, 0) is 4.79 Å². The summed E-state index contributed by atoms with van der Waals surface area (Å²) in [6.45, 7) is 0. The van der Waals surface area contributed by atoms with Crippen LogP contribution in [-0.4, -0.2) is 11.6 Å². The number of benzene rings is 1. The van der Waals surface area contributed by atoms with Crippen molar-refractivity contribution in [3.63, 3.8) is 0 Å². The smallest absolute Gasteiger partial charge is 0.252 e. The lowest BCUT2D eigenvalue weighted by molar-refractivity contribution is -0.126. The first-order valence-corrected chi connectivity index (χ1v) is 5.77. The summed E-state index contributed by atoms with van der Waals surface area (Å²) in [5.74, 6) is 0.0869. The normalized spacial score (nSPS) is 22.2. The molecule has 16 heavy (non-hydrogen) atoms. The molecule has 0 aromatic heterocycles. The molecule has 1 saturated carbocycles. The summed E-state index contributed by atoms with van der Waals surface area (Å²) in [7, 11) is 0. The molecule has 1 N–H and O–H groups in total. The van der Waals surface area contributed by atoms with Crippen molar-refractivity contribution in [2.24, 2.45) is 10.5 Å². The highest BCUT2D eigenvalue weighted by molar-refractivity contribution is 6.19. The number of amides is 1. The number of hydrogen-bond donors (Lipinski definition) is 1. The van der Waals surface area contributed by atoms with Gasteiger partial charge in [-0.3, -0.25) is 4.79 Å². The van der Waals surface area contributed by atoms with E-state index in [1.165, 1.54) is 0 Å². The Morgan fingerprint density at radius 2 is 1.81 bits per heavy atom. The Morgan fingerprint density at radius 3 is 2.50 bits per heavy atom. The fourth-order valence-electron chi connectivity index (χ4n) is 2.81. The van der Waals surface area contributed by atoms with Gasteiger partial charge in [0, 0.05) is 0 Å². The van der Waals surface area contributed by atoms with Crippen LogP contribution in [0.15, 0.2) is 35.4 Å². The van der Waals surface area contributed by atoms with Gasteiger partial charge in [0.25, 0.3) is 5.91 Å². The molecule has 0 radical (unpaired) electrons. The molecule has 3 nitrogen and oxygen atoms in total. The predicted molar refractivity (Wildman–Crippen MR) is 62.0 cm³/mol. The predicted octanol–water partition coefficient (Wildman–Crippen LogP) is 2.08. The average molecular weight is 214 g/mol. The van der Waals surface area contributed by atoms with E-state index < -0.39 is 0 Å². The fourth-order valence-corrected chi connectivity index (χ4v) is 2.81. The van der Waals surface area contributed by atoms with Gasteiger partial charge in [0.05, 0.1) is 11.1 Å². The minimum atomic E-state index is -0.332. The third kappa shape index (κ3) is 1.21. The summed E-state index contributed by atoms with van der Waals surface area (Å²) in [5, 5.41) is 4.24. The second kappa shape index (κ2) is 3.44. The molecule has 0 unspecified atom stereocenters. The molecule has 1 amide bonds. The second-order valence-corrected chi connectivity index (χ2v) is 4.56. The lowest BCUT2D eigenvalue weighted by Crippen LogP contribution is -2.35. The zero-order valence-corrected chi connectivity index (χ0v) is 9.07. The van der Waals surface area contributed by atoms with Crippen LogP contribution in [0, 0.1) is 5.41 Å². The molecule has 2 aliphatic rings. The molecule has 0 atom stereocenters. The molecule has 82 valence electrons. The number of hydrogen-bond acceptors (Lipinski definition) is 2. The van der Waals surface area contributed by atoms with Crippen LogP contribution in [0.1, 0.15) is 31.2 Å². The van der Waals surface area contributed by atoms with Gasteiger partial charge >= 0.3 is 0 Å². The van der Waals surface area contributed by atoms with Crippen molar-refractivity contribution < 1.29 is 4.79 Å². The molecular weight excluding hydrogens is 200 g/mol. The van der Waals surface area contributed by atoms with Crippen molar-refractivity contribution in [2.75, 3.05) is 0 Å². The van der Waals surface area contributed by atoms with Gasteiger partial charge in [0.2, 0.25) is 0 Å². The standard InChI is InChI=1S/C13H14N2O/c16-12-13(8-4-5-9-13)11(14-15-12)10-6-2-1-3-7-10/h1-3,6-7H,4-5,8-9H2,(H,15,16). The maximum Gasteiger partial charge on any atom is 0.252 e. The maximum atomic E-state index is 12.0. The van der Waals surface area contributed by atoms with Crippen LogP contribution in [0.3, 0.4) is 0 Å². The third-order valence-corrected chi connectivity index (χ3v) is 3.66. The van der Waals surface area contributed by atoms with Crippen LogP contribution in [0.25, 0.3) is 0 Å². The highest BCUT2D eigenvalue weighted by Gasteiger charge is 2.49. The highest BCUT2D eigenvalue weighted by Crippen LogP contribution is 2.43. The monoisotopic (exact) mass is 214 g/mol. The summed E-state index contributed by atoms with van der Waals surface area (Å²) >= 11 is 0. The van der Waals surface area contributed by atoms with Gasteiger partial charge in [0.15, 0.2) is 0 Å². The van der Waals surface area contributed by atoms with E-state index in [1.54, 1.807) is 0 Å². The molecule has 1 spiro atoms. The van der Waals surface area contributed by atoms with Crippen LogP contribution in [0.4, 0.5) is 0 Å². The molecule has 3 rings (SSSR count). The fraction of sp³-hybridized carbons (Fsp3) is 0.385. The van der Waals surface area contributed by atoms with E-state index in [-0.39, 0.29) is 11.3 Å². The lowest BCUT2D eigenvalue weighted by Gasteiger charge is -2.21. The second-order valence-electron chi connectivity index (χ2n) is 4.56. The van der Waals surface area contributed by atoms with Gasteiger partial charge in [0.1, 0.15) is 0 Å². The van der Waals surface area contributed by atoms with Crippen molar-refractivity contribution in [3.8, 4) is 0 Å². The summed E-state index contributed by atoms with van der Waals surface area (Å²) in [5.41, 5.74) is 4.33. The van der Waals surface area contributed by atoms with Gasteiger partial charge in [-0.25, -0.2) is 5.43 Å². The molecule has 1 aromatic rings. The maximum absolute atomic E-state index is 12.0. The Balaban J connectivity index is 2.05. The summed E-state index contributed by atoms with van der Waals surface area (Å²) in [4.78, 5) is 12.0. The number of carbonyl (C=O) groups is 1. The highest BCUT2D eigenvalue weighted by atomic mass is 16.2. The zero-order chi connectivity index (χ0) is 11.0.